The fraction of sp³-hybridized carbons (Fsp3) is 0.146. The largest absolute Gasteiger partial charge is 0.333 e. The summed E-state index contributed by atoms with van der Waals surface area (Å²) in [7, 11) is 0. The fourth-order valence-corrected chi connectivity index (χ4v) is 7.53. The smallest absolute Gasteiger partial charge is 0.0738 e. The van der Waals surface area contributed by atoms with Gasteiger partial charge >= 0.3 is 0 Å². The first-order valence-electron chi connectivity index (χ1n) is 15.2. The van der Waals surface area contributed by atoms with E-state index in [1.54, 1.807) is 0 Å². The van der Waals surface area contributed by atoms with Gasteiger partial charge in [0.15, 0.2) is 0 Å². The quantitative estimate of drug-likeness (QED) is 0.216. The zero-order valence-electron chi connectivity index (χ0n) is 24.8. The molecule has 208 valence electrons. The highest BCUT2D eigenvalue weighted by molar-refractivity contribution is 6.15. The van der Waals surface area contributed by atoms with E-state index in [9.17, 15) is 0 Å². The molecule has 5 aromatic carbocycles. The predicted molar refractivity (Wildman–Crippen MR) is 180 cm³/mol. The molecule has 0 fully saturated rings. The van der Waals surface area contributed by atoms with Crippen LogP contribution in [0.15, 0.2) is 145 Å². The van der Waals surface area contributed by atoms with Gasteiger partial charge in [-0.1, -0.05) is 121 Å². The van der Waals surface area contributed by atoms with Crippen LogP contribution in [0, 0.1) is 13.8 Å². The summed E-state index contributed by atoms with van der Waals surface area (Å²) in [6.45, 7) is 6.76. The lowest BCUT2D eigenvalue weighted by Gasteiger charge is -2.30. The highest BCUT2D eigenvalue weighted by Crippen LogP contribution is 2.57. The maximum atomic E-state index is 5.57. The molecule has 3 aliphatic rings. The normalized spacial score (nSPS) is 21.4. The lowest BCUT2D eigenvalue weighted by Crippen LogP contribution is -2.31. The summed E-state index contributed by atoms with van der Waals surface area (Å²) < 4.78 is 0. The Hall–Kier alpha value is -4.95. The molecule has 2 nitrogen and oxygen atoms in total. The van der Waals surface area contributed by atoms with Crippen molar-refractivity contribution in [3.05, 3.63) is 173 Å². The predicted octanol–water partition coefficient (Wildman–Crippen LogP) is 10.1. The summed E-state index contributed by atoms with van der Waals surface area (Å²) in [5.41, 5.74) is 14.6. The monoisotopic (exact) mass is 554 g/mol. The molecule has 0 saturated carbocycles. The van der Waals surface area contributed by atoms with Crippen molar-refractivity contribution in [2.75, 3.05) is 4.90 Å². The second-order valence-corrected chi connectivity index (χ2v) is 12.2. The van der Waals surface area contributed by atoms with Gasteiger partial charge in [-0.05, 0) is 77.9 Å². The SMILES string of the molecule is Cc1ccccc1-c1cc(N2c3ccc4c(c3C3C=CC=CC32)N=C(c2ccccc2)C4(C)c2ccccc2)ccc1C. The molecule has 2 heteroatoms. The highest BCUT2D eigenvalue weighted by atomic mass is 15.2. The Balaban J connectivity index is 1.35. The van der Waals surface area contributed by atoms with Crippen LogP contribution in [0.25, 0.3) is 11.1 Å². The van der Waals surface area contributed by atoms with Gasteiger partial charge in [-0.15, -0.1) is 0 Å². The van der Waals surface area contributed by atoms with E-state index in [-0.39, 0.29) is 17.4 Å². The summed E-state index contributed by atoms with van der Waals surface area (Å²) in [6, 6.07) is 42.1. The Morgan fingerprint density at radius 1 is 0.674 bits per heavy atom. The number of hydrogen-bond acceptors (Lipinski definition) is 2. The zero-order chi connectivity index (χ0) is 29.1. The van der Waals surface area contributed by atoms with Gasteiger partial charge in [0.2, 0.25) is 0 Å². The average Bonchev–Trinajstić information content (AvgIpc) is 3.55. The van der Waals surface area contributed by atoms with Crippen LogP contribution in [0.4, 0.5) is 17.1 Å². The molecule has 3 unspecified atom stereocenters. The van der Waals surface area contributed by atoms with Gasteiger partial charge in [0.1, 0.15) is 0 Å². The minimum atomic E-state index is -0.355. The number of aliphatic imine (C=N–C) groups is 1. The van der Waals surface area contributed by atoms with E-state index < -0.39 is 0 Å². The van der Waals surface area contributed by atoms with Crippen LogP contribution in [-0.2, 0) is 5.41 Å². The third-order valence-corrected chi connectivity index (χ3v) is 9.76. The van der Waals surface area contributed by atoms with Gasteiger partial charge in [0, 0.05) is 22.9 Å². The van der Waals surface area contributed by atoms with Crippen LogP contribution < -0.4 is 4.90 Å². The van der Waals surface area contributed by atoms with E-state index in [1.165, 1.54) is 55.9 Å². The van der Waals surface area contributed by atoms with Crippen LogP contribution in [0.5, 0.6) is 0 Å². The van der Waals surface area contributed by atoms with Crippen molar-refractivity contribution in [1.29, 1.82) is 0 Å². The molecular formula is C41H34N2. The van der Waals surface area contributed by atoms with Crippen molar-refractivity contribution in [3.8, 4) is 11.1 Å². The van der Waals surface area contributed by atoms with E-state index in [2.05, 4.69) is 165 Å². The van der Waals surface area contributed by atoms with Gasteiger partial charge in [-0.25, -0.2) is 0 Å². The number of allylic oxidation sites excluding steroid dienone is 2. The molecule has 2 heterocycles. The molecule has 2 aliphatic heterocycles. The average molecular weight is 555 g/mol. The molecular weight excluding hydrogens is 520 g/mol. The third-order valence-electron chi connectivity index (χ3n) is 9.76. The molecule has 0 spiro atoms. The third kappa shape index (κ3) is 3.83. The summed E-state index contributed by atoms with van der Waals surface area (Å²) >= 11 is 0. The fourth-order valence-electron chi connectivity index (χ4n) is 7.53. The Morgan fingerprint density at radius 2 is 1.37 bits per heavy atom. The number of benzene rings is 5. The van der Waals surface area contributed by atoms with Crippen molar-refractivity contribution < 1.29 is 0 Å². The number of aryl methyl sites for hydroxylation is 2. The van der Waals surface area contributed by atoms with Gasteiger partial charge < -0.3 is 4.90 Å². The maximum Gasteiger partial charge on any atom is 0.0738 e. The molecule has 43 heavy (non-hydrogen) atoms. The standard InChI is InChI=1S/C41H34N2/c1-27-14-10-11-19-32(27)34-26-31(23-22-28(34)2)43-36-21-13-12-20-33(36)38-37(43)25-24-35-39(38)42-40(29-15-6-4-7-16-29)41(35,3)30-17-8-5-9-18-30/h4-26,33,36H,1-3H3. The lowest BCUT2D eigenvalue weighted by atomic mass is 9.71. The van der Waals surface area contributed by atoms with Crippen molar-refractivity contribution in [2.24, 2.45) is 4.99 Å². The highest BCUT2D eigenvalue weighted by Gasteiger charge is 2.47. The number of anilines is 2. The zero-order valence-corrected chi connectivity index (χ0v) is 24.8. The van der Waals surface area contributed by atoms with Crippen LogP contribution >= 0.6 is 0 Å². The van der Waals surface area contributed by atoms with Crippen molar-refractivity contribution in [2.45, 2.75) is 38.1 Å². The Morgan fingerprint density at radius 3 is 2.16 bits per heavy atom. The summed E-state index contributed by atoms with van der Waals surface area (Å²) in [4.78, 5) is 8.10. The van der Waals surface area contributed by atoms with E-state index in [4.69, 9.17) is 4.99 Å². The van der Waals surface area contributed by atoms with Gasteiger partial charge in [0.05, 0.1) is 22.9 Å². The molecule has 0 radical (unpaired) electrons. The maximum absolute atomic E-state index is 5.57. The van der Waals surface area contributed by atoms with Crippen LogP contribution in [-0.4, -0.2) is 11.8 Å². The Kier molecular flexibility index (Phi) is 5.87. The minimum Gasteiger partial charge on any atom is -0.333 e. The second kappa shape index (κ2) is 9.81. The van der Waals surface area contributed by atoms with Gasteiger partial charge in [-0.3, -0.25) is 4.99 Å². The van der Waals surface area contributed by atoms with Crippen LogP contribution in [0.1, 0.15) is 46.2 Å². The molecule has 8 rings (SSSR count). The number of hydrogen-bond donors (Lipinski definition) is 0. The Labute approximate surface area is 254 Å². The topological polar surface area (TPSA) is 15.6 Å². The molecule has 0 N–H and O–H groups in total. The first-order valence-corrected chi connectivity index (χ1v) is 15.2. The lowest BCUT2D eigenvalue weighted by molar-refractivity contribution is 0.744. The summed E-state index contributed by atoms with van der Waals surface area (Å²) in [5, 5.41) is 0. The molecule has 5 aromatic rings. The van der Waals surface area contributed by atoms with Crippen LogP contribution in [0.3, 0.4) is 0 Å². The second-order valence-electron chi connectivity index (χ2n) is 12.2. The van der Waals surface area contributed by atoms with Crippen molar-refractivity contribution in [1.82, 2.24) is 0 Å². The van der Waals surface area contributed by atoms with E-state index in [0.29, 0.717) is 0 Å². The number of rotatable bonds is 4. The Bertz CT molecular complexity index is 1960. The van der Waals surface area contributed by atoms with Crippen molar-refractivity contribution >= 4 is 22.8 Å². The van der Waals surface area contributed by atoms with Gasteiger partial charge in [-0.2, -0.15) is 0 Å². The molecule has 0 aromatic heterocycles. The van der Waals surface area contributed by atoms with Gasteiger partial charge in [0.25, 0.3) is 0 Å². The minimum absolute atomic E-state index is 0.192. The number of nitrogens with zero attached hydrogens (tertiary/aromatic N) is 2. The first-order chi connectivity index (χ1) is 21.1. The molecule has 3 atom stereocenters. The van der Waals surface area contributed by atoms with E-state index >= 15 is 0 Å². The first kappa shape index (κ1) is 25.7. The summed E-state index contributed by atoms with van der Waals surface area (Å²) in [5.74, 6) is 0.220. The van der Waals surface area contributed by atoms with E-state index in [1.807, 2.05) is 0 Å². The van der Waals surface area contributed by atoms with E-state index in [0.717, 1.165) is 11.4 Å². The molecule has 0 saturated heterocycles. The van der Waals surface area contributed by atoms with Crippen molar-refractivity contribution in [3.63, 3.8) is 0 Å². The number of fused-ring (bicyclic) bond motifs is 5. The van der Waals surface area contributed by atoms with Crippen LogP contribution in [0.2, 0.25) is 0 Å². The summed E-state index contributed by atoms with van der Waals surface area (Å²) in [6.07, 6.45) is 9.13. The molecule has 0 amide bonds. The molecule has 0 bridgehead atoms. The molecule has 1 aliphatic carbocycles.